The van der Waals surface area contributed by atoms with Crippen molar-refractivity contribution >= 4 is 17.6 Å². The Morgan fingerprint density at radius 1 is 1.44 bits per heavy atom. The molecule has 0 bridgehead atoms. The Labute approximate surface area is 106 Å². The molecule has 0 spiro atoms. The number of halogens is 4. The van der Waals surface area contributed by atoms with Gasteiger partial charge in [0.05, 0.1) is 18.1 Å². The molecule has 0 aromatic heterocycles. The van der Waals surface area contributed by atoms with Gasteiger partial charge in [0.1, 0.15) is 11.6 Å². The average Bonchev–Trinajstić information content (AvgIpc) is 2.28. The van der Waals surface area contributed by atoms with Crippen LogP contribution in [0.1, 0.15) is 22.8 Å². The van der Waals surface area contributed by atoms with Gasteiger partial charge in [0.15, 0.2) is 0 Å². The Kier molecular flexibility index (Phi) is 5.27. The molecule has 0 amide bonds. The molecule has 0 heterocycles. The smallest absolute Gasteiger partial charge is 0.387 e. The molecular weight excluding hydrogens is 273 g/mol. The summed E-state index contributed by atoms with van der Waals surface area (Å²) >= 11 is 5.52. The summed E-state index contributed by atoms with van der Waals surface area (Å²) in [6.45, 7) is -1.46. The molecule has 0 aliphatic rings. The Hall–Kier alpha value is -1.43. The third-order valence-corrected chi connectivity index (χ3v) is 2.29. The van der Waals surface area contributed by atoms with E-state index < -0.39 is 24.1 Å². The first-order chi connectivity index (χ1) is 8.49. The minimum Gasteiger partial charge on any atom is -0.462 e. The van der Waals surface area contributed by atoms with Crippen LogP contribution >= 0.6 is 11.6 Å². The van der Waals surface area contributed by atoms with Gasteiger partial charge in [0.25, 0.3) is 0 Å². The number of hydrogen-bond donors (Lipinski definition) is 0. The summed E-state index contributed by atoms with van der Waals surface area (Å²) in [6.07, 6.45) is 0. The summed E-state index contributed by atoms with van der Waals surface area (Å²) in [5.41, 5.74) is -0.282. The summed E-state index contributed by atoms with van der Waals surface area (Å²) in [5.74, 6) is -2.48. The lowest BCUT2D eigenvalue weighted by molar-refractivity contribution is -0.0504. The molecule has 0 fully saturated rings. The fraction of sp³-hybridized carbons (Fsp3) is 0.364. The first kappa shape index (κ1) is 14.6. The normalized spacial score (nSPS) is 10.6. The zero-order valence-electron chi connectivity index (χ0n) is 9.38. The van der Waals surface area contributed by atoms with E-state index in [1.807, 2.05) is 0 Å². The van der Waals surface area contributed by atoms with Gasteiger partial charge >= 0.3 is 12.6 Å². The Balaban J connectivity index is 3.13. The van der Waals surface area contributed by atoms with E-state index in [4.69, 9.17) is 11.6 Å². The Bertz CT molecular complexity index is 438. The molecule has 0 unspecified atom stereocenters. The lowest BCUT2D eigenvalue weighted by Gasteiger charge is -2.11. The second kappa shape index (κ2) is 6.49. The molecular formula is C11H10ClF3O3. The molecule has 1 aromatic rings. The van der Waals surface area contributed by atoms with Crippen molar-refractivity contribution in [2.24, 2.45) is 0 Å². The van der Waals surface area contributed by atoms with Crippen molar-refractivity contribution in [3.63, 3.8) is 0 Å². The molecule has 1 aromatic carbocycles. The molecule has 7 heteroatoms. The van der Waals surface area contributed by atoms with Crippen LogP contribution in [0, 0.1) is 5.82 Å². The first-order valence-electron chi connectivity index (χ1n) is 4.99. The largest absolute Gasteiger partial charge is 0.462 e. The van der Waals surface area contributed by atoms with E-state index in [1.165, 1.54) is 0 Å². The Morgan fingerprint density at radius 2 is 2.11 bits per heavy atom. The molecule has 3 nitrogen and oxygen atoms in total. The zero-order valence-corrected chi connectivity index (χ0v) is 10.1. The molecule has 1 rings (SSSR count). The fourth-order valence-corrected chi connectivity index (χ4v) is 1.48. The van der Waals surface area contributed by atoms with Gasteiger partial charge in [-0.1, -0.05) is 0 Å². The van der Waals surface area contributed by atoms with E-state index in [1.54, 1.807) is 6.92 Å². The highest BCUT2D eigenvalue weighted by atomic mass is 35.5. The minimum atomic E-state index is -3.10. The summed E-state index contributed by atoms with van der Waals surface area (Å²) in [6, 6.07) is 1.73. The number of benzene rings is 1. The summed E-state index contributed by atoms with van der Waals surface area (Å²) in [4.78, 5) is 11.4. The van der Waals surface area contributed by atoms with Gasteiger partial charge in [-0.2, -0.15) is 8.78 Å². The van der Waals surface area contributed by atoms with Gasteiger partial charge < -0.3 is 9.47 Å². The van der Waals surface area contributed by atoms with Crippen LogP contribution in [0.2, 0.25) is 0 Å². The standard InChI is InChI=1S/C11H10ClF3O3/c1-2-17-10(16)7-3-6(5-12)9(4-8(7)13)18-11(14)15/h3-4,11H,2,5H2,1H3. The minimum absolute atomic E-state index is 0.0732. The van der Waals surface area contributed by atoms with Crippen molar-refractivity contribution in [2.45, 2.75) is 19.4 Å². The number of rotatable bonds is 5. The second-order valence-electron chi connectivity index (χ2n) is 3.17. The first-order valence-corrected chi connectivity index (χ1v) is 5.53. The van der Waals surface area contributed by atoms with Crippen LogP contribution in [0.25, 0.3) is 0 Å². The molecule has 0 saturated carbocycles. The summed E-state index contributed by atoms with van der Waals surface area (Å²) in [5, 5.41) is 0. The van der Waals surface area contributed by atoms with Crippen LogP contribution in [0.15, 0.2) is 12.1 Å². The van der Waals surface area contributed by atoms with E-state index in [-0.39, 0.29) is 23.6 Å². The number of ether oxygens (including phenoxy) is 2. The van der Waals surface area contributed by atoms with Gasteiger partial charge in [-0.25, -0.2) is 9.18 Å². The molecule has 0 radical (unpaired) electrons. The predicted molar refractivity (Wildman–Crippen MR) is 58.5 cm³/mol. The van der Waals surface area contributed by atoms with E-state index >= 15 is 0 Å². The third-order valence-electron chi connectivity index (χ3n) is 2.01. The molecule has 0 N–H and O–H groups in total. The highest BCUT2D eigenvalue weighted by Gasteiger charge is 2.19. The number of carbonyl (C=O) groups excluding carboxylic acids is 1. The molecule has 0 saturated heterocycles. The molecule has 0 aliphatic carbocycles. The Morgan fingerprint density at radius 3 is 2.61 bits per heavy atom. The highest BCUT2D eigenvalue weighted by Crippen LogP contribution is 2.26. The maximum Gasteiger partial charge on any atom is 0.387 e. The highest BCUT2D eigenvalue weighted by molar-refractivity contribution is 6.17. The average molecular weight is 283 g/mol. The van der Waals surface area contributed by atoms with E-state index in [9.17, 15) is 18.0 Å². The van der Waals surface area contributed by atoms with Crippen LogP contribution in [0.4, 0.5) is 13.2 Å². The number of alkyl halides is 3. The van der Waals surface area contributed by atoms with Crippen LogP contribution < -0.4 is 4.74 Å². The predicted octanol–water partition coefficient (Wildman–Crippen LogP) is 3.34. The topological polar surface area (TPSA) is 35.5 Å². The summed E-state index contributed by atoms with van der Waals surface area (Å²) in [7, 11) is 0. The van der Waals surface area contributed by atoms with Crippen LogP contribution in [0.3, 0.4) is 0 Å². The van der Waals surface area contributed by atoms with Gasteiger partial charge in [0.2, 0.25) is 0 Å². The molecule has 18 heavy (non-hydrogen) atoms. The molecule has 100 valence electrons. The second-order valence-corrected chi connectivity index (χ2v) is 3.44. The SMILES string of the molecule is CCOC(=O)c1cc(CCl)c(OC(F)F)cc1F. The van der Waals surface area contributed by atoms with Crippen molar-refractivity contribution in [1.29, 1.82) is 0 Å². The zero-order chi connectivity index (χ0) is 13.7. The maximum absolute atomic E-state index is 13.5. The quantitative estimate of drug-likeness (QED) is 0.614. The van der Waals surface area contributed by atoms with Gasteiger partial charge in [-0.05, 0) is 13.0 Å². The van der Waals surface area contributed by atoms with Crippen molar-refractivity contribution in [3.8, 4) is 5.75 Å². The van der Waals surface area contributed by atoms with Crippen molar-refractivity contribution < 1.29 is 27.4 Å². The van der Waals surface area contributed by atoms with Crippen molar-refractivity contribution in [2.75, 3.05) is 6.61 Å². The van der Waals surface area contributed by atoms with Crippen LogP contribution in [-0.4, -0.2) is 19.2 Å². The van der Waals surface area contributed by atoms with Crippen LogP contribution in [-0.2, 0) is 10.6 Å². The van der Waals surface area contributed by atoms with Crippen molar-refractivity contribution in [3.05, 3.63) is 29.1 Å². The maximum atomic E-state index is 13.5. The third kappa shape index (κ3) is 3.53. The van der Waals surface area contributed by atoms with Gasteiger partial charge in [0, 0.05) is 11.6 Å². The lowest BCUT2D eigenvalue weighted by atomic mass is 10.1. The number of hydrogen-bond acceptors (Lipinski definition) is 3. The van der Waals surface area contributed by atoms with E-state index in [0.29, 0.717) is 6.07 Å². The van der Waals surface area contributed by atoms with E-state index in [2.05, 4.69) is 9.47 Å². The number of carbonyl (C=O) groups is 1. The van der Waals surface area contributed by atoms with Gasteiger partial charge in [-0.3, -0.25) is 0 Å². The molecule has 0 atom stereocenters. The molecule has 0 aliphatic heterocycles. The van der Waals surface area contributed by atoms with Gasteiger partial charge in [-0.15, -0.1) is 11.6 Å². The number of esters is 1. The van der Waals surface area contributed by atoms with E-state index in [0.717, 1.165) is 6.07 Å². The fourth-order valence-electron chi connectivity index (χ4n) is 1.28. The monoisotopic (exact) mass is 282 g/mol. The summed E-state index contributed by atoms with van der Waals surface area (Å²) < 4.78 is 46.4. The lowest BCUT2D eigenvalue weighted by Crippen LogP contribution is -2.10. The van der Waals surface area contributed by atoms with Crippen LogP contribution in [0.5, 0.6) is 5.75 Å². The van der Waals surface area contributed by atoms with Crippen molar-refractivity contribution in [1.82, 2.24) is 0 Å².